The van der Waals surface area contributed by atoms with Crippen molar-refractivity contribution in [1.29, 1.82) is 0 Å². The van der Waals surface area contributed by atoms with E-state index in [4.69, 9.17) is 16.3 Å². The third-order valence-corrected chi connectivity index (χ3v) is 5.58. The van der Waals surface area contributed by atoms with Crippen molar-refractivity contribution in [3.8, 4) is 5.75 Å². The maximum atomic E-state index is 6.88. The van der Waals surface area contributed by atoms with E-state index in [-0.39, 0.29) is 0 Å². The van der Waals surface area contributed by atoms with E-state index in [1.165, 1.54) is 0 Å². The summed E-state index contributed by atoms with van der Waals surface area (Å²) in [5.41, 5.74) is 4.21. The molecule has 0 radical (unpaired) electrons. The average Bonchev–Trinajstić information content (AvgIpc) is 2.79. The van der Waals surface area contributed by atoms with Crippen molar-refractivity contribution in [2.45, 2.75) is 13.8 Å². The van der Waals surface area contributed by atoms with Crippen LogP contribution in [0, 0.1) is 0 Å². The number of hydrogen-bond donors (Lipinski definition) is 1. The van der Waals surface area contributed by atoms with Gasteiger partial charge in [-0.1, -0.05) is 84.4 Å². The summed E-state index contributed by atoms with van der Waals surface area (Å²) in [5.74, 6) is 0.892. The van der Waals surface area contributed by atoms with Crippen LogP contribution in [0.5, 0.6) is 5.75 Å². The largest absolute Gasteiger partial charge is 0.488 e. The predicted molar refractivity (Wildman–Crippen MR) is 124 cm³/mol. The number of rotatable bonds is 9. The number of likely N-dealkylation sites (N-methyl/N-ethyl adjacent to an activating group) is 1. The van der Waals surface area contributed by atoms with Crippen LogP contribution in [0.15, 0.2) is 84.9 Å². The van der Waals surface area contributed by atoms with Gasteiger partial charge in [-0.25, -0.2) is 0 Å². The molecular formula is C26H29ClNO+. The van der Waals surface area contributed by atoms with E-state index in [1.807, 2.05) is 60.7 Å². The van der Waals surface area contributed by atoms with Gasteiger partial charge >= 0.3 is 0 Å². The molecule has 0 unspecified atom stereocenters. The normalized spacial score (nSPS) is 12.0. The summed E-state index contributed by atoms with van der Waals surface area (Å²) >= 11 is 6.88. The van der Waals surface area contributed by atoms with Gasteiger partial charge in [-0.15, -0.1) is 0 Å². The predicted octanol–water partition coefficient (Wildman–Crippen LogP) is 5.15. The van der Waals surface area contributed by atoms with Crippen LogP contribution in [-0.4, -0.2) is 26.2 Å². The van der Waals surface area contributed by atoms with Crippen molar-refractivity contribution in [2.75, 3.05) is 26.2 Å². The van der Waals surface area contributed by atoms with Gasteiger partial charge in [0.15, 0.2) is 0 Å². The Labute approximate surface area is 179 Å². The quantitative estimate of drug-likeness (QED) is 0.485. The van der Waals surface area contributed by atoms with Gasteiger partial charge in [0.25, 0.3) is 0 Å². The summed E-state index contributed by atoms with van der Waals surface area (Å²) < 4.78 is 5.96. The van der Waals surface area contributed by atoms with Crippen LogP contribution in [0.2, 0.25) is 0 Å². The number of halogens is 1. The summed E-state index contributed by atoms with van der Waals surface area (Å²) in [6.45, 7) is 8.42. The van der Waals surface area contributed by atoms with Gasteiger partial charge in [0.1, 0.15) is 18.9 Å². The lowest BCUT2D eigenvalue weighted by atomic mass is 9.95. The molecule has 3 aromatic carbocycles. The molecule has 0 aliphatic rings. The van der Waals surface area contributed by atoms with Crippen LogP contribution in [0.25, 0.3) is 10.6 Å². The Balaban J connectivity index is 1.86. The molecule has 0 saturated heterocycles. The summed E-state index contributed by atoms with van der Waals surface area (Å²) in [6, 6.07) is 28.6. The molecule has 1 N–H and O–H groups in total. The van der Waals surface area contributed by atoms with Crippen molar-refractivity contribution in [1.82, 2.24) is 0 Å². The summed E-state index contributed by atoms with van der Waals surface area (Å²) in [4.78, 5) is 1.55. The maximum Gasteiger partial charge on any atom is 0.137 e. The van der Waals surface area contributed by atoms with Crippen LogP contribution in [0.1, 0.15) is 30.5 Å². The second-order valence-electron chi connectivity index (χ2n) is 7.00. The fourth-order valence-corrected chi connectivity index (χ4v) is 3.73. The molecule has 3 aromatic rings. The average molecular weight is 407 g/mol. The molecule has 0 aliphatic heterocycles. The van der Waals surface area contributed by atoms with Crippen molar-refractivity contribution in [3.05, 3.63) is 102 Å². The highest BCUT2D eigenvalue weighted by molar-refractivity contribution is 6.53. The van der Waals surface area contributed by atoms with Gasteiger partial charge in [0, 0.05) is 5.57 Å². The molecule has 0 atom stereocenters. The Morgan fingerprint density at radius 3 is 1.79 bits per heavy atom. The van der Waals surface area contributed by atoms with E-state index in [0.29, 0.717) is 0 Å². The molecule has 0 saturated carbocycles. The van der Waals surface area contributed by atoms with E-state index in [2.05, 4.69) is 38.1 Å². The monoisotopic (exact) mass is 406 g/mol. The Bertz CT molecular complexity index is 900. The topological polar surface area (TPSA) is 13.7 Å². The lowest BCUT2D eigenvalue weighted by Crippen LogP contribution is -3.12. The number of ether oxygens (including phenoxy) is 1. The summed E-state index contributed by atoms with van der Waals surface area (Å²) in [5, 5.41) is 0.746. The lowest BCUT2D eigenvalue weighted by Gasteiger charge is -2.16. The Morgan fingerprint density at radius 1 is 0.724 bits per heavy atom. The SMILES string of the molecule is CC[NH+](CC)CCOc1ccc(/C(=C(\Cl)c2ccccc2)c2ccccc2)cc1. The zero-order chi connectivity index (χ0) is 20.5. The van der Waals surface area contributed by atoms with Gasteiger partial charge in [0.2, 0.25) is 0 Å². The van der Waals surface area contributed by atoms with Gasteiger partial charge in [-0.3, -0.25) is 0 Å². The van der Waals surface area contributed by atoms with Crippen molar-refractivity contribution in [3.63, 3.8) is 0 Å². The minimum atomic E-state index is 0.725. The molecule has 0 fully saturated rings. The number of quaternary nitrogens is 1. The maximum absolute atomic E-state index is 6.88. The zero-order valence-electron chi connectivity index (χ0n) is 17.2. The first kappa shape index (κ1) is 21.2. The van der Waals surface area contributed by atoms with Crippen molar-refractivity contribution in [2.24, 2.45) is 0 Å². The van der Waals surface area contributed by atoms with Gasteiger partial charge in [-0.05, 0) is 42.7 Å². The second-order valence-corrected chi connectivity index (χ2v) is 7.38. The first-order chi connectivity index (χ1) is 14.2. The van der Waals surface area contributed by atoms with Crippen LogP contribution < -0.4 is 9.64 Å². The first-order valence-electron chi connectivity index (χ1n) is 10.3. The Kier molecular flexibility index (Phi) is 7.92. The number of hydrogen-bond acceptors (Lipinski definition) is 1. The first-order valence-corrected chi connectivity index (χ1v) is 10.7. The highest BCUT2D eigenvalue weighted by Crippen LogP contribution is 2.35. The van der Waals surface area contributed by atoms with Gasteiger partial charge < -0.3 is 9.64 Å². The fraction of sp³-hybridized carbons (Fsp3) is 0.231. The van der Waals surface area contributed by atoms with Crippen LogP contribution in [-0.2, 0) is 0 Å². The van der Waals surface area contributed by atoms with Crippen LogP contribution in [0.4, 0.5) is 0 Å². The molecule has 0 aliphatic carbocycles. The highest BCUT2D eigenvalue weighted by Gasteiger charge is 2.12. The minimum absolute atomic E-state index is 0.725. The molecule has 0 bridgehead atoms. The van der Waals surface area contributed by atoms with E-state index >= 15 is 0 Å². The van der Waals surface area contributed by atoms with E-state index < -0.39 is 0 Å². The molecule has 150 valence electrons. The van der Waals surface area contributed by atoms with E-state index in [0.717, 1.165) is 59.3 Å². The van der Waals surface area contributed by atoms with Gasteiger partial charge in [0.05, 0.1) is 18.1 Å². The molecule has 0 spiro atoms. The minimum Gasteiger partial charge on any atom is -0.488 e. The Hall–Kier alpha value is -2.55. The third-order valence-electron chi connectivity index (χ3n) is 5.18. The highest BCUT2D eigenvalue weighted by atomic mass is 35.5. The molecule has 3 rings (SSSR count). The van der Waals surface area contributed by atoms with Crippen LogP contribution in [0.3, 0.4) is 0 Å². The molecule has 3 heteroatoms. The van der Waals surface area contributed by atoms with Crippen molar-refractivity contribution >= 4 is 22.2 Å². The molecule has 0 aromatic heterocycles. The molecular weight excluding hydrogens is 378 g/mol. The third kappa shape index (κ3) is 5.72. The molecule has 0 amide bonds. The van der Waals surface area contributed by atoms with Gasteiger partial charge in [-0.2, -0.15) is 0 Å². The zero-order valence-corrected chi connectivity index (χ0v) is 18.0. The van der Waals surface area contributed by atoms with Crippen LogP contribution >= 0.6 is 11.6 Å². The molecule has 2 nitrogen and oxygen atoms in total. The smallest absolute Gasteiger partial charge is 0.137 e. The fourth-order valence-electron chi connectivity index (χ4n) is 3.39. The summed E-state index contributed by atoms with van der Waals surface area (Å²) in [6.07, 6.45) is 0. The standard InChI is InChI=1S/C26H28ClNO/c1-3-28(4-2)19-20-29-24-17-15-22(16-18-24)25(21-11-7-5-8-12-21)26(27)23-13-9-6-10-14-23/h5-18H,3-4,19-20H2,1-2H3/p+1/b26-25-. The number of benzene rings is 3. The van der Waals surface area contributed by atoms with Crippen molar-refractivity contribution < 1.29 is 9.64 Å². The lowest BCUT2D eigenvalue weighted by molar-refractivity contribution is -0.896. The second kappa shape index (κ2) is 10.8. The number of nitrogens with one attached hydrogen (secondary N) is 1. The van der Waals surface area contributed by atoms with E-state index in [1.54, 1.807) is 4.90 Å². The Morgan fingerprint density at radius 2 is 1.24 bits per heavy atom. The summed E-state index contributed by atoms with van der Waals surface area (Å²) in [7, 11) is 0. The van der Waals surface area contributed by atoms with E-state index in [9.17, 15) is 0 Å². The molecule has 29 heavy (non-hydrogen) atoms. The molecule has 0 heterocycles.